The van der Waals surface area contributed by atoms with Gasteiger partial charge in [0.25, 0.3) is 11.8 Å². The maximum atomic E-state index is 14.3. The molecule has 2 N–H and O–H groups in total. The van der Waals surface area contributed by atoms with Gasteiger partial charge >= 0.3 is 0 Å². The van der Waals surface area contributed by atoms with E-state index in [0.717, 1.165) is 21.8 Å². The lowest BCUT2D eigenvalue weighted by molar-refractivity contribution is -0.130. The van der Waals surface area contributed by atoms with Gasteiger partial charge in [-0.25, -0.2) is 13.9 Å². The van der Waals surface area contributed by atoms with E-state index in [1.807, 2.05) is 0 Å². The van der Waals surface area contributed by atoms with Crippen molar-refractivity contribution in [2.45, 2.75) is 25.9 Å². The average molecular weight is 482 g/mol. The van der Waals surface area contributed by atoms with Crippen LogP contribution in [0.3, 0.4) is 0 Å². The molecule has 3 amide bonds. The number of Topliss-reactive ketones (excluding diaryl/α,β-unsaturated/α-hetero) is 1. The lowest BCUT2D eigenvalue weighted by Gasteiger charge is -2.18. The van der Waals surface area contributed by atoms with Crippen LogP contribution in [0.2, 0.25) is 0 Å². The van der Waals surface area contributed by atoms with Gasteiger partial charge in [-0.2, -0.15) is 5.10 Å². The number of fused-ring (bicyclic) bond motifs is 2. The van der Waals surface area contributed by atoms with Crippen LogP contribution in [0.25, 0.3) is 5.65 Å². The molecule has 2 aromatic heterocycles. The molecule has 4 rings (SSSR count). The maximum Gasteiger partial charge on any atom is 0.270 e. The van der Waals surface area contributed by atoms with Crippen LogP contribution in [0.5, 0.6) is 5.75 Å². The summed E-state index contributed by atoms with van der Waals surface area (Å²) in [5.74, 6) is -1.94. The van der Waals surface area contributed by atoms with Crippen molar-refractivity contribution in [2.75, 3.05) is 20.7 Å². The Morgan fingerprint density at radius 3 is 2.74 bits per heavy atom. The summed E-state index contributed by atoms with van der Waals surface area (Å²) in [6.07, 6.45) is 1.13. The zero-order chi connectivity index (χ0) is 25.3. The molecule has 0 radical (unpaired) electrons. The van der Waals surface area contributed by atoms with E-state index < -0.39 is 23.7 Å². The molecule has 1 aromatic carbocycles. The van der Waals surface area contributed by atoms with E-state index in [-0.39, 0.29) is 48.3 Å². The van der Waals surface area contributed by atoms with Crippen molar-refractivity contribution in [3.8, 4) is 5.75 Å². The molecule has 3 heterocycles. The minimum absolute atomic E-state index is 0.0357. The summed E-state index contributed by atoms with van der Waals surface area (Å²) < 4.78 is 20.6. The van der Waals surface area contributed by atoms with Gasteiger partial charge < -0.3 is 20.3 Å². The third-order valence-electron chi connectivity index (χ3n) is 5.41. The van der Waals surface area contributed by atoms with Crippen molar-refractivity contribution >= 4 is 29.2 Å². The second-order valence-electron chi connectivity index (χ2n) is 8.31. The van der Waals surface area contributed by atoms with Gasteiger partial charge in [0, 0.05) is 38.7 Å². The summed E-state index contributed by atoms with van der Waals surface area (Å²) in [6.45, 7) is 1.65. The molecule has 0 bridgehead atoms. The SMILES string of the molecule is C[C@H](NC(=O)c1cc(C(=O)NCc2ccc3c(c2)CC(=O)CO3)nc2c(F)cnn12)C(=O)N(C)C. The number of amides is 3. The third kappa shape index (κ3) is 4.95. The first-order valence-corrected chi connectivity index (χ1v) is 10.7. The molecule has 11 nitrogen and oxygen atoms in total. The number of benzene rings is 1. The highest BCUT2D eigenvalue weighted by atomic mass is 19.1. The predicted molar refractivity (Wildman–Crippen MR) is 120 cm³/mol. The largest absolute Gasteiger partial charge is 0.486 e. The van der Waals surface area contributed by atoms with Gasteiger partial charge in [-0.3, -0.25) is 19.2 Å². The second-order valence-corrected chi connectivity index (χ2v) is 8.31. The Bertz CT molecular complexity index is 1350. The molecule has 0 saturated carbocycles. The fraction of sp³-hybridized carbons (Fsp3) is 0.304. The number of hydrogen-bond donors (Lipinski definition) is 2. The summed E-state index contributed by atoms with van der Waals surface area (Å²) in [4.78, 5) is 54.8. The molecule has 0 saturated heterocycles. The van der Waals surface area contributed by atoms with Crippen molar-refractivity contribution in [2.24, 2.45) is 0 Å². The molecule has 0 unspecified atom stereocenters. The topological polar surface area (TPSA) is 135 Å². The van der Waals surface area contributed by atoms with E-state index in [0.29, 0.717) is 5.75 Å². The molecule has 1 aliphatic rings. The van der Waals surface area contributed by atoms with Gasteiger partial charge in [0.15, 0.2) is 17.2 Å². The molecular formula is C23H23FN6O5. The number of ether oxygens (including phenoxy) is 1. The zero-order valence-corrected chi connectivity index (χ0v) is 19.3. The predicted octanol–water partition coefficient (Wildman–Crippen LogP) is 0.509. The number of hydrogen-bond acceptors (Lipinski definition) is 7. The molecule has 1 atom stereocenters. The fourth-order valence-corrected chi connectivity index (χ4v) is 3.65. The molecule has 1 aliphatic heterocycles. The van der Waals surface area contributed by atoms with Crippen molar-refractivity contribution < 1.29 is 28.3 Å². The molecular weight excluding hydrogens is 459 g/mol. The molecule has 35 heavy (non-hydrogen) atoms. The normalized spacial score (nSPS) is 13.5. The Morgan fingerprint density at radius 1 is 1.23 bits per heavy atom. The highest BCUT2D eigenvalue weighted by Crippen LogP contribution is 2.24. The quantitative estimate of drug-likeness (QED) is 0.523. The van der Waals surface area contributed by atoms with Gasteiger partial charge in [0.2, 0.25) is 5.91 Å². The van der Waals surface area contributed by atoms with Crippen LogP contribution in [-0.2, 0) is 22.6 Å². The first-order chi connectivity index (χ1) is 16.6. The number of carbonyl (C=O) groups is 4. The zero-order valence-electron chi connectivity index (χ0n) is 19.3. The standard InChI is InChI=1S/C23H23FN6O5/c1-12(23(34)29(2)3)27-22(33)18-8-17(28-20-16(24)10-26-30(18)20)21(32)25-9-13-4-5-19-14(6-13)7-15(31)11-35-19/h4-6,8,10,12H,7,9,11H2,1-3H3,(H,25,32)(H,27,33)/t12-/m0/s1. The fourth-order valence-electron chi connectivity index (χ4n) is 3.65. The monoisotopic (exact) mass is 482 g/mol. The van der Waals surface area contributed by atoms with Crippen LogP contribution in [-0.4, -0.2) is 69.7 Å². The molecule has 0 aliphatic carbocycles. The number of aromatic nitrogens is 3. The number of ketones is 1. The Morgan fingerprint density at radius 2 is 2.00 bits per heavy atom. The summed E-state index contributed by atoms with van der Waals surface area (Å²) >= 11 is 0. The van der Waals surface area contributed by atoms with Crippen molar-refractivity contribution in [3.63, 3.8) is 0 Å². The van der Waals surface area contributed by atoms with E-state index in [1.54, 1.807) is 32.3 Å². The molecule has 0 spiro atoms. The highest BCUT2D eigenvalue weighted by Gasteiger charge is 2.24. The Balaban J connectivity index is 1.55. The van der Waals surface area contributed by atoms with Gasteiger partial charge in [0.05, 0.1) is 6.20 Å². The summed E-state index contributed by atoms with van der Waals surface area (Å²) in [5.41, 5.74) is 0.783. The third-order valence-corrected chi connectivity index (χ3v) is 5.41. The summed E-state index contributed by atoms with van der Waals surface area (Å²) in [5, 5.41) is 9.02. The number of likely N-dealkylation sites (N-methyl/N-ethyl adjacent to an activating group) is 1. The van der Waals surface area contributed by atoms with Crippen LogP contribution in [0.1, 0.15) is 39.0 Å². The van der Waals surface area contributed by atoms with Crippen molar-refractivity contribution in [3.05, 3.63) is 58.8 Å². The van der Waals surface area contributed by atoms with Crippen LogP contribution in [0.15, 0.2) is 30.5 Å². The van der Waals surface area contributed by atoms with Crippen LogP contribution >= 0.6 is 0 Å². The molecule has 3 aromatic rings. The number of nitrogens with one attached hydrogen (secondary N) is 2. The van der Waals surface area contributed by atoms with Crippen LogP contribution in [0, 0.1) is 5.82 Å². The van der Waals surface area contributed by atoms with Gasteiger partial charge in [0.1, 0.15) is 29.8 Å². The van der Waals surface area contributed by atoms with Gasteiger partial charge in [-0.1, -0.05) is 6.07 Å². The number of carbonyl (C=O) groups excluding carboxylic acids is 4. The summed E-state index contributed by atoms with van der Waals surface area (Å²) in [7, 11) is 3.10. The van der Waals surface area contributed by atoms with Gasteiger partial charge in [-0.05, 0) is 24.6 Å². The first kappa shape index (κ1) is 23.8. The molecule has 182 valence electrons. The lowest BCUT2D eigenvalue weighted by Crippen LogP contribution is -2.44. The van der Waals surface area contributed by atoms with E-state index >= 15 is 0 Å². The van der Waals surface area contributed by atoms with Crippen LogP contribution in [0.4, 0.5) is 4.39 Å². The minimum atomic E-state index is -0.863. The highest BCUT2D eigenvalue weighted by molar-refractivity contribution is 5.99. The van der Waals surface area contributed by atoms with E-state index in [1.165, 1.54) is 17.9 Å². The molecule has 0 fully saturated rings. The van der Waals surface area contributed by atoms with Crippen molar-refractivity contribution in [1.29, 1.82) is 0 Å². The van der Waals surface area contributed by atoms with E-state index in [4.69, 9.17) is 4.74 Å². The maximum absolute atomic E-state index is 14.3. The number of halogens is 1. The average Bonchev–Trinajstić information content (AvgIpc) is 3.21. The lowest BCUT2D eigenvalue weighted by atomic mass is 10.0. The Hall–Kier alpha value is -4.35. The summed E-state index contributed by atoms with van der Waals surface area (Å²) in [6, 6.07) is 5.56. The van der Waals surface area contributed by atoms with Crippen molar-refractivity contribution in [1.82, 2.24) is 30.1 Å². The van der Waals surface area contributed by atoms with Crippen LogP contribution < -0.4 is 15.4 Å². The van der Waals surface area contributed by atoms with Gasteiger partial charge in [-0.15, -0.1) is 0 Å². The minimum Gasteiger partial charge on any atom is -0.486 e. The van der Waals surface area contributed by atoms with E-state index in [9.17, 15) is 23.6 Å². The number of rotatable bonds is 6. The first-order valence-electron chi connectivity index (χ1n) is 10.7. The van der Waals surface area contributed by atoms with E-state index in [2.05, 4.69) is 20.7 Å². The Kier molecular flexibility index (Phi) is 6.45. The smallest absolute Gasteiger partial charge is 0.270 e. The number of nitrogens with zero attached hydrogens (tertiary/aromatic N) is 4. The molecule has 12 heteroatoms. The second kappa shape index (κ2) is 9.49. The Labute approximate surface area is 199 Å².